The van der Waals surface area contributed by atoms with Gasteiger partial charge in [-0.1, -0.05) is 0 Å². The maximum atomic E-state index is 13.8. The predicted octanol–water partition coefficient (Wildman–Crippen LogP) is 2.15. The molecule has 1 atom stereocenters. The number of amides is 1. The summed E-state index contributed by atoms with van der Waals surface area (Å²) in [5.41, 5.74) is 7.10. The third kappa shape index (κ3) is 2.74. The van der Waals surface area contributed by atoms with Crippen molar-refractivity contribution in [3.8, 4) is 0 Å². The molecule has 0 spiro atoms. The number of hydrogen-bond acceptors (Lipinski definition) is 3. The van der Waals surface area contributed by atoms with Crippen molar-refractivity contribution in [2.45, 2.75) is 18.8 Å². The van der Waals surface area contributed by atoms with Gasteiger partial charge in [-0.25, -0.2) is 4.39 Å². The Bertz CT molecular complexity index is 641. The minimum absolute atomic E-state index is 0.0419. The average Bonchev–Trinajstić information content (AvgIpc) is 3.03. The molecule has 1 amide bonds. The van der Waals surface area contributed by atoms with Crippen LogP contribution in [0, 0.1) is 5.82 Å². The van der Waals surface area contributed by atoms with Gasteiger partial charge in [0.25, 0.3) is 5.91 Å². The van der Waals surface area contributed by atoms with E-state index in [0.717, 1.165) is 18.5 Å². The summed E-state index contributed by atoms with van der Waals surface area (Å²) < 4.78 is 13.8. The van der Waals surface area contributed by atoms with Crippen LogP contribution in [0.25, 0.3) is 0 Å². The molecule has 1 saturated heterocycles. The lowest BCUT2D eigenvalue weighted by molar-refractivity contribution is 0.0701. The van der Waals surface area contributed by atoms with Crippen LogP contribution in [-0.4, -0.2) is 34.1 Å². The number of nitrogen functional groups attached to an aromatic ring is 1. The number of piperidine rings is 1. The van der Waals surface area contributed by atoms with E-state index in [2.05, 4.69) is 10.2 Å². The zero-order valence-electron chi connectivity index (χ0n) is 11.6. The molecule has 3 rings (SSSR count). The van der Waals surface area contributed by atoms with Crippen molar-refractivity contribution >= 4 is 11.6 Å². The van der Waals surface area contributed by atoms with Crippen molar-refractivity contribution in [3.63, 3.8) is 0 Å². The highest BCUT2D eigenvalue weighted by Gasteiger charge is 2.27. The Balaban J connectivity index is 1.79. The third-order valence-electron chi connectivity index (χ3n) is 3.89. The molecule has 0 radical (unpaired) electrons. The van der Waals surface area contributed by atoms with Crippen LogP contribution in [-0.2, 0) is 0 Å². The molecule has 6 heteroatoms. The van der Waals surface area contributed by atoms with Gasteiger partial charge >= 0.3 is 0 Å². The van der Waals surface area contributed by atoms with Crippen LogP contribution in [0.5, 0.6) is 0 Å². The summed E-state index contributed by atoms with van der Waals surface area (Å²) in [5, 5.41) is 6.89. The summed E-state index contributed by atoms with van der Waals surface area (Å²) in [6.45, 7) is 1.20. The van der Waals surface area contributed by atoms with Crippen LogP contribution in [0.3, 0.4) is 0 Å². The Labute approximate surface area is 121 Å². The lowest BCUT2D eigenvalue weighted by Crippen LogP contribution is -2.39. The van der Waals surface area contributed by atoms with Crippen molar-refractivity contribution < 1.29 is 9.18 Å². The number of H-pyrrole nitrogens is 1. The van der Waals surface area contributed by atoms with Gasteiger partial charge in [0.1, 0.15) is 5.82 Å². The van der Waals surface area contributed by atoms with E-state index in [9.17, 15) is 9.18 Å². The van der Waals surface area contributed by atoms with Gasteiger partial charge in [0.15, 0.2) is 0 Å². The topological polar surface area (TPSA) is 75.0 Å². The number of carbonyl (C=O) groups excluding carboxylic acids is 1. The molecule has 5 nitrogen and oxygen atoms in total. The summed E-state index contributed by atoms with van der Waals surface area (Å²) in [5.74, 6) is -0.615. The van der Waals surface area contributed by atoms with Gasteiger partial charge in [-0.2, -0.15) is 5.10 Å². The standard InChI is InChI=1S/C15H17FN4O/c16-13-4-3-11(17)8-12(13)15(21)20-7-1-2-10(9-20)14-5-6-18-19-14/h3-6,8,10H,1-2,7,9,17H2,(H,18,19). The summed E-state index contributed by atoms with van der Waals surface area (Å²) in [6, 6.07) is 6.01. The Morgan fingerprint density at radius 1 is 1.43 bits per heavy atom. The normalized spacial score (nSPS) is 18.7. The van der Waals surface area contributed by atoms with Crippen LogP contribution >= 0.6 is 0 Å². The number of halogens is 1. The molecule has 1 aromatic carbocycles. The van der Waals surface area contributed by atoms with E-state index in [-0.39, 0.29) is 17.4 Å². The van der Waals surface area contributed by atoms with Gasteiger partial charge in [0.2, 0.25) is 0 Å². The Morgan fingerprint density at radius 2 is 2.29 bits per heavy atom. The van der Waals surface area contributed by atoms with Crippen molar-refractivity contribution in [2.24, 2.45) is 0 Å². The second kappa shape index (κ2) is 5.55. The highest BCUT2D eigenvalue weighted by molar-refractivity contribution is 5.95. The molecule has 1 aromatic heterocycles. The zero-order valence-corrected chi connectivity index (χ0v) is 11.6. The first kappa shape index (κ1) is 13.6. The second-order valence-corrected chi connectivity index (χ2v) is 5.34. The fraction of sp³-hybridized carbons (Fsp3) is 0.333. The second-order valence-electron chi connectivity index (χ2n) is 5.34. The molecule has 0 bridgehead atoms. The Kier molecular flexibility index (Phi) is 3.60. The summed E-state index contributed by atoms with van der Waals surface area (Å²) in [7, 11) is 0. The largest absolute Gasteiger partial charge is 0.399 e. The molecule has 0 saturated carbocycles. The molecule has 3 N–H and O–H groups in total. The molecule has 2 heterocycles. The first-order chi connectivity index (χ1) is 10.1. The van der Waals surface area contributed by atoms with Crippen molar-refractivity contribution in [2.75, 3.05) is 18.8 Å². The molecule has 1 fully saturated rings. The van der Waals surface area contributed by atoms with Crippen LogP contribution in [0.2, 0.25) is 0 Å². The molecule has 1 aliphatic heterocycles. The summed E-state index contributed by atoms with van der Waals surface area (Å²) in [4.78, 5) is 14.2. The quantitative estimate of drug-likeness (QED) is 0.831. The first-order valence-corrected chi connectivity index (χ1v) is 6.98. The van der Waals surface area contributed by atoms with Crippen molar-refractivity contribution in [3.05, 3.63) is 47.5 Å². The molecule has 1 unspecified atom stereocenters. The van der Waals surface area contributed by atoms with Gasteiger partial charge in [0, 0.05) is 36.6 Å². The van der Waals surface area contributed by atoms with E-state index in [4.69, 9.17) is 5.73 Å². The summed E-state index contributed by atoms with van der Waals surface area (Å²) in [6.07, 6.45) is 3.58. The number of aromatic nitrogens is 2. The van der Waals surface area contributed by atoms with Crippen molar-refractivity contribution in [1.82, 2.24) is 15.1 Å². The maximum Gasteiger partial charge on any atom is 0.256 e. The molecule has 110 valence electrons. The number of anilines is 1. The smallest absolute Gasteiger partial charge is 0.256 e. The number of aromatic amines is 1. The Hall–Kier alpha value is -2.37. The number of nitrogens with one attached hydrogen (secondary N) is 1. The Morgan fingerprint density at radius 3 is 3.05 bits per heavy atom. The van der Waals surface area contributed by atoms with Gasteiger partial charge in [0.05, 0.1) is 5.56 Å². The number of benzene rings is 1. The van der Waals surface area contributed by atoms with Crippen molar-refractivity contribution in [1.29, 1.82) is 0 Å². The number of rotatable bonds is 2. The fourth-order valence-corrected chi connectivity index (χ4v) is 2.79. The van der Waals surface area contributed by atoms with Gasteiger partial charge in [-0.05, 0) is 37.1 Å². The number of likely N-dealkylation sites (tertiary alicyclic amines) is 1. The van der Waals surface area contributed by atoms with E-state index < -0.39 is 5.82 Å². The molecule has 21 heavy (non-hydrogen) atoms. The number of nitrogens with two attached hydrogens (primary N) is 1. The van der Waals surface area contributed by atoms with Crippen LogP contribution < -0.4 is 5.73 Å². The predicted molar refractivity (Wildman–Crippen MR) is 77.3 cm³/mol. The van der Waals surface area contributed by atoms with Crippen LogP contribution in [0.15, 0.2) is 30.5 Å². The average molecular weight is 288 g/mol. The highest BCUT2D eigenvalue weighted by Crippen LogP contribution is 2.27. The number of hydrogen-bond donors (Lipinski definition) is 2. The monoisotopic (exact) mass is 288 g/mol. The van der Waals surface area contributed by atoms with E-state index in [1.165, 1.54) is 18.2 Å². The van der Waals surface area contributed by atoms with Gasteiger partial charge in [-0.3, -0.25) is 9.89 Å². The molecular formula is C15H17FN4O. The van der Waals surface area contributed by atoms with Gasteiger partial charge in [-0.15, -0.1) is 0 Å². The minimum atomic E-state index is -0.530. The highest BCUT2D eigenvalue weighted by atomic mass is 19.1. The molecular weight excluding hydrogens is 271 g/mol. The fourth-order valence-electron chi connectivity index (χ4n) is 2.79. The van der Waals surface area contributed by atoms with E-state index >= 15 is 0 Å². The molecule has 0 aliphatic carbocycles. The third-order valence-corrected chi connectivity index (χ3v) is 3.89. The lowest BCUT2D eigenvalue weighted by Gasteiger charge is -2.32. The minimum Gasteiger partial charge on any atom is -0.399 e. The molecule has 1 aliphatic rings. The first-order valence-electron chi connectivity index (χ1n) is 6.98. The van der Waals surface area contributed by atoms with E-state index in [1.54, 1.807) is 11.1 Å². The number of nitrogens with zero attached hydrogens (tertiary/aromatic N) is 2. The van der Waals surface area contributed by atoms with E-state index in [1.807, 2.05) is 6.07 Å². The maximum absolute atomic E-state index is 13.8. The van der Waals surface area contributed by atoms with Crippen LogP contribution in [0.4, 0.5) is 10.1 Å². The molecule has 2 aromatic rings. The van der Waals surface area contributed by atoms with E-state index in [0.29, 0.717) is 18.8 Å². The SMILES string of the molecule is Nc1ccc(F)c(C(=O)N2CCCC(c3ccn[nH]3)C2)c1. The van der Waals surface area contributed by atoms with Crippen LogP contribution in [0.1, 0.15) is 34.8 Å². The van der Waals surface area contributed by atoms with Gasteiger partial charge < -0.3 is 10.6 Å². The lowest BCUT2D eigenvalue weighted by atomic mass is 9.94. The number of carbonyl (C=O) groups is 1. The zero-order chi connectivity index (χ0) is 14.8. The summed E-state index contributed by atoms with van der Waals surface area (Å²) >= 11 is 0.